The average Bonchev–Trinajstić information content (AvgIpc) is 3.38. The molecule has 0 radical (unpaired) electrons. The number of carbonyl (C=O) groups excluding carboxylic acids is 3. The second kappa shape index (κ2) is 15.2. The highest BCUT2D eigenvalue weighted by Gasteiger charge is 2.27. The highest BCUT2D eigenvalue weighted by molar-refractivity contribution is 7.99. The predicted octanol–water partition coefficient (Wildman–Crippen LogP) is 4.62. The summed E-state index contributed by atoms with van der Waals surface area (Å²) in [5, 5.41) is 5.75. The normalized spacial score (nSPS) is 12.6. The number of hydrogen-bond acceptors (Lipinski definition) is 7. The van der Waals surface area contributed by atoms with Crippen LogP contribution in [-0.2, 0) is 15.3 Å². The maximum absolute atomic E-state index is 13.3. The highest BCUT2D eigenvalue weighted by atomic mass is 32.2. The van der Waals surface area contributed by atoms with Gasteiger partial charge in [-0.2, -0.15) is 0 Å². The summed E-state index contributed by atoms with van der Waals surface area (Å²) in [6, 6.07) is 7.13. The van der Waals surface area contributed by atoms with Crippen molar-refractivity contribution in [1.29, 1.82) is 0 Å². The summed E-state index contributed by atoms with van der Waals surface area (Å²) in [7, 11) is 3.01. The lowest BCUT2D eigenvalue weighted by Gasteiger charge is -2.24. The number of Topliss-reactive ketones (excluding diaryl/α,β-unsaturated/α-hetero) is 1. The lowest BCUT2D eigenvalue weighted by molar-refractivity contribution is -0.128. The molecule has 2 atom stereocenters. The van der Waals surface area contributed by atoms with Gasteiger partial charge in [-0.1, -0.05) is 33.6 Å². The van der Waals surface area contributed by atoms with Crippen LogP contribution in [0.3, 0.4) is 0 Å². The lowest BCUT2D eigenvalue weighted by atomic mass is 10.0. The molecule has 0 aliphatic heterocycles. The molecule has 1 aromatic carbocycles. The fourth-order valence-corrected chi connectivity index (χ4v) is 4.49. The van der Waals surface area contributed by atoms with E-state index in [-0.39, 0.29) is 23.4 Å². The number of hydrogen-bond donors (Lipinski definition) is 2. The molecule has 1 aromatic heterocycles. The first-order chi connectivity index (χ1) is 17.3. The van der Waals surface area contributed by atoms with Crippen LogP contribution in [0.25, 0.3) is 0 Å². The Morgan fingerprint density at radius 2 is 1.72 bits per heavy atom. The Kier molecular flexibility index (Phi) is 12.4. The molecule has 2 aromatic rings. The number of nitrogens with one attached hydrogen (secondary N) is 2. The number of carbonyl (C=O) groups is 3. The summed E-state index contributed by atoms with van der Waals surface area (Å²) in [5.74, 6) is 1.92. The molecule has 0 aliphatic rings. The second-order valence-electron chi connectivity index (χ2n) is 9.00. The van der Waals surface area contributed by atoms with Crippen LogP contribution >= 0.6 is 11.8 Å². The van der Waals surface area contributed by atoms with Gasteiger partial charge in [-0.15, -0.1) is 11.8 Å². The van der Waals surface area contributed by atoms with Crippen molar-refractivity contribution in [2.75, 3.05) is 20.0 Å². The zero-order valence-electron chi connectivity index (χ0n) is 21.8. The maximum atomic E-state index is 13.3. The fourth-order valence-electron chi connectivity index (χ4n) is 3.62. The van der Waals surface area contributed by atoms with Crippen molar-refractivity contribution in [1.82, 2.24) is 10.6 Å². The minimum atomic E-state index is -0.789. The van der Waals surface area contributed by atoms with Gasteiger partial charge in [-0.25, -0.2) is 0 Å². The van der Waals surface area contributed by atoms with Crippen molar-refractivity contribution in [3.8, 4) is 11.5 Å². The van der Waals surface area contributed by atoms with Gasteiger partial charge in [0.25, 0.3) is 5.91 Å². The zero-order valence-corrected chi connectivity index (χ0v) is 22.6. The first-order valence-electron chi connectivity index (χ1n) is 12.2. The van der Waals surface area contributed by atoms with Crippen LogP contribution in [-0.4, -0.2) is 49.7 Å². The third kappa shape index (κ3) is 9.60. The Hall–Kier alpha value is -2.94. The number of furan rings is 1. The molecule has 2 N–H and O–H groups in total. The van der Waals surface area contributed by atoms with E-state index in [1.807, 2.05) is 32.9 Å². The molecule has 0 bridgehead atoms. The van der Waals surface area contributed by atoms with Gasteiger partial charge in [-0.05, 0) is 43.0 Å². The largest absolute Gasteiger partial charge is 0.497 e. The van der Waals surface area contributed by atoms with Crippen molar-refractivity contribution in [2.24, 2.45) is 5.92 Å². The summed E-state index contributed by atoms with van der Waals surface area (Å²) in [6.45, 7) is 6.00. The molecule has 198 valence electrons. The van der Waals surface area contributed by atoms with Gasteiger partial charge in [-0.3, -0.25) is 14.4 Å². The second-order valence-corrected chi connectivity index (χ2v) is 9.98. The Bertz CT molecular complexity index is 954. The summed E-state index contributed by atoms with van der Waals surface area (Å²) in [4.78, 5) is 39.3. The third-order valence-corrected chi connectivity index (χ3v) is 6.54. The van der Waals surface area contributed by atoms with E-state index >= 15 is 0 Å². The SMILES string of the molecule is CCCCC(NC(=O)C(CC(C)C)NC(=O)c1cc(OC)cc(OC)c1)C(=O)CSCc1ccco1. The molecule has 0 saturated heterocycles. The van der Waals surface area contributed by atoms with E-state index in [0.29, 0.717) is 35.7 Å². The van der Waals surface area contributed by atoms with Crippen LogP contribution in [0.15, 0.2) is 41.0 Å². The molecular weight excluding hydrogens is 480 g/mol. The molecule has 2 amide bonds. The van der Waals surface area contributed by atoms with Gasteiger partial charge >= 0.3 is 0 Å². The molecular formula is C27H38N2O6S. The summed E-state index contributed by atoms with van der Waals surface area (Å²) < 4.78 is 15.8. The number of thioether (sulfide) groups is 1. The molecule has 1 heterocycles. The van der Waals surface area contributed by atoms with Crippen molar-refractivity contribution in [2.45, 2.75) is 64.3 Å². The summed E-state index contributed by atoms with van der Waals surface area (Å²) >= 11 is 1.45. The van der Waals surface area contributed by atoms with Crippen LogP contribution < -0.4 is 20.1 Å². The topological polar surface area (TPSA) is 107 Å². The van der Waals surface area contributed by atoms with Gasteiger partial charge in [0.2, 0.25) is 5.91 Å². The van der Waals surface area contributed by atoms with Crippen LogP contribution in [0.1, 0.15) is 62.6 Å². The Morgan fingerprint density at radius 1 is 1.03 bits per heavy atom. The van der Waals surface area contributed by atoms with E-state index < -0.39 is 18.0 Å². The molecule has 9 heteroatoms. The van der Waals surface area contributed by atoms with Gasteiger partial charge in [0.1, 0.15) is 23.3 Å². The molecule has 0 aliphatic carbocycles. The van der Waals surface area contributed by atoms with Gasteiger partial charge < -0.3 is 24.5 Å². The van der Waals surface area contributed by atoms with Crippen molar-refractivity contribution >= 4 is 29.4 Å². The van der Waals surface area contributed by atoms with E-state index in [4.69, 9.17) is 13.9 Å². The Morgan fingerprint density at radius 3 is 2.28 bits per heavy atom. The minimum absolute atomic E-state index is 0.0412. The molecule has 36 heavy (non-hydrogen) atoms. The standard InChI is InChI=1S/C27H38N2O6S/c1-6-7-10-23(25(30)17-36-16-20-9-8-11-35-20)28-27(32)24(12-18(2)3)29-26(31)19-13-21(33-4)15-22(14-19)34-5/h8-9,11,13-15,18,23-24H,6-7,10,12,16-17H2,1-5H3,(H,28,32)(H,29,31). The molecule has 2 rings (SSSR count). The third-order valence-electron chi connectivity index (χ3n) is 5.56. The summed E-state index contributed by atoms with van der Waals surface area (Å²) in [5.41, 5.74) is 0.320. The van der Waals surface area contributed by atoms with Crippen molar-refractivity contribution in [3.05, 3.63) is 47.9 Å². The Labute approximate surface area is 217 Å². The van der Waals surface area contributed by atoms with Crippen LogP contribution in [0, 0.1) is 5.92 Å². The summed E-state index contributed by atoms with van der Waals surface area (Å²) in [6.07, 6.45) is 4.30. The molecule has 8 nitrogen and oxygen atoms in total. The van der Waals surface area contributed by atoms with E-state index in [1.54, 1.807) is 24.5 Å². The van der Waals surface area contributed by atoms with Crippen LogP contribution in [0.2, 0.25) is 0 Å². The van der Waals surface area contributed by atoms with Crippen molar-refractivity contribution in [3.63, 3.8) is 0 Å². The Balaban J connectivity index is 2.09. The predicted molar refractivity (Wildman–Crippen MR) is 142 cm³/mol. The van der Waals surface area contributed by atoms with E-state index in [2.05, 4.69) is 10.6 Å². The number of ketones is 1. The van der Waals surface area contributed by atoms with Gasteiger partial charge in [0, 0.05) is 11.6 Å². The molecule has 0 saturated carbocycles. The minimum Gasteiger partial charge on any atom is -0.497 e. The number of unbranched alkanes of at least 4 members (excludes halogenated alkanes) is 1. The maximum Gasteiger partial charge on any atom is 0.252 e. The van der Waals surface area contributed by atoms with Crippen molar-refractivity contribution < 1.29 is 28.3 Å². The average molecular weight is 519 g/mol. The first-order valence-corrected chi connectivity index (χ1v) is 13.4. The molecule has 0 spiro atoms. The lowest BCUT2D eigenvalue weighted by Crippen LogP contribution is -2.52. The molecule has 2 unspecified atom stereocenters. The number of rotatable bonds is 16. The number of amides is 2. The number of ether oxygens (including phenoxy) is 2. The highest BCUT2D eigenvalue weighted by Crippen LogP contribution is 2.23. The first kappa shape index (κ1) is 29.3. The van der Waals surface area contributed by atoms with Crippen LogP contribution in [0.4, 0.5) is 0 Å². The fraction of sp³-hybridized carbons (Fsp3) is 0.519. The smallest absolute Gasteiger partial charge is 0.252 e. The number of benzene rings is 1. The molecule has 0 fully saturated rings. The van der Waals surface area contributed by atoms with E-state index in [0.717, 1.165) is 18.6 Å². The van der Waals surface area contributed by atoms with Gasteiger partial charge in [0.05, 0.1) is 38.0 Å². The number of methoxy groups -OCH3 is 2. The van der Waals surface area contributed by atoms with Gasteiger partial charge in [0.15, 0.2) is 5.78 Å². The van der Waals surface area contributed by atoms with Crippen LogP contribution in [0.5, 0.6) is 11.5 Å². The van der Waals surface area contributed by atoms with E-state index in [9.17, 15) is 14.4 Å². The van der Waals surface area contributed by atoms with E-state index in [1.165, 1.54) is 26.0 Å². The monoisotopic (exact) mass is 518 g/mol. The quantitative estimate of drug-likeness (QED) is 0.334. The zero-order chi connectivity index (χ0) is 26.5.